The number of benzene rings is 1. The van der Waals surface area contributed by atoms with Crippen molar-refractivity contribution in [1.82, 2.24) is 4.98 Å². The molecule has 0 saturated carbocycles. The van der Waals surface area contributed by atoms with Crippen molar-refractivity contribution in [1.29, 1.82) is 5.26 Å². The highest BCUT2D eigenvalue weighted by atomic mass is 35.5. The lowest BCUT2D eigenvalue weighted by molar-refractivity contribution is 1.42. The quantitative estimate of drug-likeness (QED) is 0.576. The van der Waals surface area contributed by atoms with Gasteiger partial charge in [0.2, 0.25) is 0 Å². The SMILES string of the molecule is N#CSc1c[nH]c2ccc(Cl)cc12. The molecule has 4 heteroatoms. The maximum absolute atomic E-state index is 8.53. The number of rotatable bonds is 1. The van der Waals surface area contributed by atoms with Gasteiger partial charge < -0.3 is 4.98 Å². The van der Waals surface area contributed by atoms with Crippen molar-refractivity contribution in [3.63, 3.8) is 0 Å². The van der Waals surface area contributed by atoms with E-state index >= 15 is 0 Å². The number of H-pyrrole nitrogens is 1. The fourth-order valence-corrected chi connectivity index (χ4v) is 1.87. The summed E-state index contributed by atoms with van der Waals surface area (Å²) < 4.78 is 0. The van der Waals surface area contributed by atoms with Gasteiger partial charge in [0.1, 0.15) is 5.40 Å². The molecule has 0 aliphatic carbocycles. The standard InChI is InChI=1S/C9H5ClN2S/c10-6-1-2-8-7(3-6)9(4-12-8)13-5-11/h1-4,12H. The Kier molecular flexibility index (Phi) is 2.17. The van der Waals surface area contributed by atoms with Gasteiger partial charge in [-0.05, 0) is 30.0 Å². The molecule has 0 radical (unpaired) electrons. The van der Waals surface area contributed by atoms with E-state index in [9.17, 15) is 0 Å². The molecule has 0 saturated heterocycles. The molecule has 64 valence electrons. The first-order valence-corrected chi connectivity index (χ1v) is 4.83. The topological polar surface area (TPSA) is 39.6 Å². The van der Waals surface area contributed by atoms with Crippen LogP contribution in [0.5, 0.6) is 0 Å². The molecule has 0 unspecified atom stereocenters. The number of nitrogens with zero attached hydrogens (tertiary/aromatic N) is 1. The van der Waals surface area contributed by atoms with Crippen LogP contribution in [0.1, 0.15) is 0 Å². The molecule has 0 aliphatic heterocycles. The van der Waals surface area contributed by atoms with Gasteiger partial charge in [0, 0.05) is 27.0 Å². The van der Waals surface area contributed by atoms with Crippen LogP contribution in [-0.2, 0) is 0 Å². The van der Waals surface area contributed by atoms with Crippen molar-refractivity contribution in [2.45, 2.75) is 4.90 Å². The van der Waals surface area contributed by atoms with Crippen LogP contribution >= 0.6 is 23.4 Å². The van der Waals surface area contributed by atoms with Crippen molar-refractivity contribution in [3.8, 4) is 5.40 Å². The number of fused-ring (bicyclic) bond motifs is 1. The average molecular weight is 209 g/mol. The maximum Gasteiger partial charge on any atom is 0.138 e. The minimum absolute atomic E-state index is 0.687. The van der Waals surface area contributed by atoms with Gasteiger partial charge in [-0.2, -0.15) is 5.26 Å². The lowest BCUT2D eigenvalue weighted by Crippen LogP contribution is -1.68. The van der Waals surface area contributed by atoms with Gasteiger partial charge in [0.25, 0.3) is 0 Å². The summed E-state index contributed by atoms with van der Waals surface area (Å²) in [5.74, 6) is 0. The molecule has 1 aromatic carbocycles. The van der Waals surface area contributed by atoms with Gasteiger partial charge in [0.15, 0.2) is 0 Å². The minimum atomic E-state index is 0.687. The monoisotopic (exact) mass is 208 g/mol. The Morgan fingerprint density at radius 3 is 3.08 bits per heavy atom. The maximum atomic E-state index is 8.53. The molecule has 13 heavy (non-hydrogen) atoms. The van der Waals surface area contributed by atoms with Crippen molar-refractivity contribution >= 4 is 34.3 Å². The lowest BCUT2D eigenvalue weighted by Gasteiger charge is -1.92. The summed E-state index contributed by atoms with van der Waals surface area (Å²) in [6, 6.07) is 5.58. The third kappa shape index (κ3) is 1.51. The van der Waals surface area contributed by atoms with E-state index in [2.05, 4.69) is 4.98 Å². The van der Waals surface area contributed by atoms with E-state index in [0.717, 1.165) is 27.6 Å². The van der Waals surface area contributed by atoms with Crippen molar-refractivity contribution in [3.05, 3.63) is 29.4 Å². The summed E-state index contributed by atoms with van der Waals surface area (Å²) in [7, 11) is 0. The summed E-state index contributed by atoms with van der Waals surface area (Å²) in [4.78, 5) is 3.99. The fourth-order valence-electron chi connectivity index (χ4n) is 1.20. The van der Waals surface area contributed by atoms with E-state index in [1.54, 1.807) is 0 Å². The molecule has 2 aromatic rings. The Bertz CT molecular complexity index is 484. The predicted molar refractivity (Wildman–Crippen MR) is 54.8 cm³/mol. The number of aromatic amines is 1. The second kappa shape index (κ2) is 3.33. The van der Waals surface area contributed by atoms with Crippen LogP contribution in [0.15, 0.2) is 29.3 Å². The Labute approximate surface area is 84.5 Å². The third-order valence-corrected chi connectivity index (χ3v) is 2.65. The number of hydrogen-bond acceptors (Lipinski definition) is 2. The molecule has 1 heterocycles. The average Bonchev–Trinajstić information content (AvgIpc) is 2.49. The van der Waals surface area contributed by atoms with E-state index in [4.69, 9.17) is 16.9 Å². The first kappa shape index (κ1) is 8.49. The molecule has 1 aromatic heterocycles. The van der Waals surface area contributed by atoms with Crippen LogP contribution in [-0.4, -0.2) is 4.98 Å². The van der Waals surface area contributed by atoms with Crippen LogP contribution in [0.4, 0.5) is 0 Å². The highest BCUT2D eigenvalue weighted by Crippen LogP contribution is 2.28. The molecule has 0 fully saturated rings. The normalized spacial score (nSPS) is 10.2. The van der Waals surface area contributed by atoms with E-state index < -0.39 is 0 Å². The number of nitrogens with one attached hydrogen (secondary N) is 1. The van der Waals surface area contributed by atoms with Gasteiger partial charge in [-0.25, -0.2) is 0 Å². The van der Waals surface area contributed by atoms with Gasteiger partial charge in [-0.1, -0.05) is 11.6 Å². The highest BCUT2D eigenvalue weighted by molar-refractivity contribution is 8.04. The fraction of sp³-hybridized carbons (Fsp3) is 0. The number of halogens is 1. The summed E-state index contributed by atoms with van der Waals surface area (Å²) >= 11 is 6.98. The number of nitriles is 1. The molecule has 0 spiro atoms. The highest BCUT2D eigenvalue weighted by Gasteiger charge is 2.03. The van der Waals surface area contributed by atoms with Crippen molar-refractivity contribution in [2.75, 3.05) is 0 Å². The number of thiocyanates is 1. The summed E-state index contributed by atoms with van der Waals surface area (Å²) in [5, 5.41) is 12.3. The molecule has 2 nitrogen and oxygen atoms in total. The summed E-state index contributed by atoms with van der Waals surface area (Å²) in [6.45, 7) is 0. The second-order valence-corrected chi connectivity index (χ2v) is 3.80. The van der Waals surface area contributed by atoms with E-state index in [1.165, 1.54) is 0 Å². The Hall–Kier alpha value is -1.11. The largest absolute Gasteiger partial charge is 0.360 e. The number of hydrogen-bond donors (Lipinski definition) is 1. The van der Waals surface area contributed by atoms with Gasteiger partial charge in [-0.3, -0.25) is 0 Å². The van der Waals surface area contributed by atoms with Crippen LogP contribution in [0.3, 0.4) is 0 Å². The van der Waals surface area contributed by atoms with Crippen molar-refractivity contribution < 1.29 is 0 Å². The zero-order valence-electron chi connectivity index (χ0n) is 6.54. The van der Waals surface area contributed by atoms with E-state index in [1.807, 2.05) is 29.8 Å². The molecule has 0 aliphatic rings. The Morgan fingerprint density at radius 1 is 1.46 bits per heavy atom. The third-order valence-electron chi connectivity index (χ3n) is 1.76. The second-order valence-electron chi connectivity index (χ2n) is 2.54. The van der Waals surface area contributed by atoms with Crippen molar-refractivity contribution in [2.24, 2.45) is 0 Å². The van der Waals surface area contributed by atoms with Gasteiger partial charge in [-0.15, -0.1) is 0 Å². The van der Waals surface area contributed by atoms with Crippen LogP contribution in [0, 0.1) is 10.7 Å². The first-order valence-electron chi connectivity index (χ1n) is 3.64. The lowest BCUT2D eigenvalue weighted by atomic mass is 10.2. The Morgan fingerprint density at radius 2 is 2.31 bits per heavy atom. The zero-order chi connectivity index (χ0) is 9.26. The van der Waals surface area contributed by atoms with Crippen LogP contribution in [0.25, 0.3) is 10.9 Å². The molecule has 0 atom stereocenters. The molecular formula is C9H5ClN2S. The van der Waals surface area contributed by atoms with E-state index in [-0.39, 0.29) is 0 Å². The number of thioether (sulfide) groups is 1. The molecule has 0 amide bonds. The van der Waals surface area contributed by atoms with Gasteiger partial charge in [0.05, 0.1) is 0 Å². The smallest absolute Gasteiger partial charge is 0.138 e. The summed E-state index contributed by atoms with van der Waals surface area (Å²) in [6.07, 6.45) is 1.81. The van der Waals surface area contributed by atoms with Gasteiger partial charge >= 0.3 is 0 Å². The molecule has 0 bridgehead atoms. The molecule has 1 N–H and O–H groups in total. The number of aromatic nitrogens is 1. The van der Waals surface area contributed by atoms with E-state index in [0.29, 0.717) is 5.02 Å². The summed E-state index contributed by atoms with van der Waals surface area (Å²) in [5.41, 5.74) is 1.00. The molecule has 2 rings (SSSR count). The van der Waals surface area contributed by atoms with Crippen LogP contribution < -0.4 is 0 Å². The first-order chi connectivity index (χ1) is 6.31. The zero-order valence-corrected chi connectivity index (χ0v) is 8.12. The predicted octanol–water partition coefficient (Wildman–Crippen LogP) is 3.39. The Balaban J connectivity index is 2.66. The minimum Gasteiger partial charge on any atom is -0.360 e. The molecular weight excluding hydrogens is 204 g/mol. The van der Waals surface area contributed by atoms with Crippen LogP contribution in [0.2, 0.25) is 5.02 Å².